The molecule has 1 unspecified atom stereocenters. The van der Waals surface area contributed by atoms with Gasteiger partial charge in [-0.2, -0.15) is 0 Å². The van der Waals surface area contributed by atoms with Crippen LogP contribution in [0.15, 0.2) is 18.2 Å². The molecule has 2 amide bonds. The van der Waals surface area contributed by atoms with Gasteiger partial charge in [-0.3, -0.25) is 9.59 Å². The summed E-state index contributed by atoms with van der Waals surface area (Å²) in [7, 11) is 0. The molecule has 2 rings (SSSR count). The van der Waals surface area contributed by atoms with E-state index in [0.29, 0.717) is 13.0 Å². The second-order valence-corrected chi connectivity index (χ2v) is 7.08. The lowest BCUT2D eigenvalue weighted by molar-refractivity contribution is -0.127. The smallest absolute Gasteiger partial charge is 0.227 e. The van der Waals surface area contributed by atoms with Crippen LogP contribution in [0.3, 0.4) is 0 Å². The summed E-state index contributed by atoms with van der Waals surface area (Å²) in [6.07, 6.45) is 1.17. The second-order valence-electron chi connectivity index (χ2n) is 7.08. The average molecular weight is 302 g/mol. The number of carbonyl (C=O) groups is 2. The number of nitrogens with zero attached hydrogens (tertiary/aromatic N) is 1. The van der Waals surface area contributed by atoms with Gasteiger partial charge in [0.15, 0.2) is 0 Å². The van der Waals surface area contributed by atoms with E-state index in [1.807, 2.05) is 39.8 Å². The summed E-state index contributed by atoms with van der Waals surface area (Å²) in [5, 5.41) is 2.98. The molecule has 1 aliphatic rings. The van der Waals surface area contributed by atoms with Gasteiger partial charge in [-0.05, 0) is 45.2 Å². The lowest BCUT2D eigenvalue weighted by Crippen LogP contribution is -2.44. The van der Waals surface area contributed by atoms with Gasteiger partial charge in [-0.1, -0.05) is 25.1 Å². The first-order chi connectivity index (χ1) is 10.2. The van der Waals surface area contributed by atoms with Crippen molar-refractivity contribution in [3.05, 3.63) is 29.3 Å². The van der Waals surface area contributed by atoms with Gasteiger partial charge in [0.2, 0.25) is 11.8 Å². The van der Waals surface area contributed by atoms with Crippen molar-refractivity contribution in [1.82, 2.24) is 5.32 Å². The van der Waals surface area contributed by atoms with Crippen LogP contribution in [0.5, 0.6) is 0 Å². The normalized spacial score (nSPS) is 18.7. The van der Waals surface area contributed by atoms with E-state index in [0.717, 1.165) is 23.2 Å². The first-order valence-corrected chi connectivity index (χ1v) is 7.94. The summed E-state index contributed by atoms with van der Waals surface area (Å²) in [6, 6.07) is 6.09. The van der Waals surface area contributed by atoms with E-state index in [2.05, 4.69) is 18.3 Å². The summed E-state index contributed by atoms with van der Waals surface area (Å²) in [5.41, 5.74) is 2.96. The third-order valence-electron chi connectivity index (χ3n) is 3.97. The van der Waals surface area contributed by atoms with Gasteiger partial charge in [-0.15, -0.1) is 0 Å². The van der Waals surface area contributed by atoms with Crippen molar-refractivity contribution in [2.75, 3.05) is 11.4 Å². The lowest BCUT2D eigenvalue weighted by atomic mass is 10.0. The van der Waals surface area contributed by atoms with E-state index in [4.69, 9.17) is 0 Å². The minimum Gasteiger partial charge on any atom is -0.351 e. The molecule has 0 spiro atoms. The summed E-state index contributed by atoms with van der Waals surface area (Å²) in [6.45, 7) is 10.4. The zero-order valence-corrected chi connectivity index (χ0v) is 14.2. The largest absolute Gasteiger partial charge is 0.351 e. The fourth-order valence-electron chi connectivity index (χ4n) is 2.96. The number of hydrogen-bond acceptors (Lipinski definition) is 2. The number of aryl methyl sites for hydroxylation is 2. The van der Waals surface area contributed by atoms with Crippen molar-refractivity contribution >= 4 is 17.5 Å². The van der Waals surface area contributed by atoms with Crippen molar-refractivity contribution in [2.24, 2.45) is 5.92 Å². The van der Waals surface area contributed by atoms with Gasteiger partial charge < -0.3 is 10.2 Å². The Bertz CT molecular complexity index is 587. The molecule has 1 atom stereocenters. The van der Waals surface area contributed by atoms with Crippen LogP contribution in [-0.2, 0) is 16.0 Å². The molecule has 0 aromatic heterocycles. The summed E-state index contributed by atoms with van der Waals surface area (Å²) >= 11 is 0. The summed E-state index contributed by atoms with van der Waals surface area (Å²) in [4.78, 5) is 26.5. The summed E-state index contributed by atoms with van der Waals surface area (Å²) < 4.78 is 0. The van der Waals surface area contributed by atoms with Crippen LogP contribution in [0.25, 0.3) is 0 Å². The van der Waals surface area contributed by atoms with Gasteiger partial charge >= 0.3 is 0 Å². The molecular weight excluding hydrogens is 276 g/mol. The highest BCUT2D eigenvalue weighted by molar-refractivity contribution is 6.01. The number of hydrogen-bond donors (Lipinski definition) is 1. The molecule has 4 nitrogen and oxygen atoms in total. The van der Waals surface area contributed by atoms with Gasteiger partial charge in [0, 0.05) is 24.2 Å². The lowest BCUT2D eigenvalue weighted by Gasteiger charge is -2.24. The molecule has 1 aromatic rings. The van der Waals surface area contributed by atoms with Crippen LogP contribution in [-0.4, -0.2) is 23.9 Å². The maximum Gasteiger partial charge on any atom is 0.227 e. The molecule has 1 heterocycles. The minimum atomic E-state index is -0.273. The molecular formula is C18H26N2O2. The Labute approximate surface area is 132 Å². The predicted molar refractivity (Wildman–Crippen MR) is 88.9 cm³/mol. The van der Waals surface area contributed by atoms with Crippen molar-refractivity contribution in [1.29, 1.82) is 0 Å². The zero-order chi connectivity index (χ0) is 16.5. The summed E-state index contributed by atoms with van der Waals surface area (Å²) in [5.74, 6) is -0.260. The maximum absolute atomic E-state index is 12.4. The third-order valence-corrected chi connectivity index (χ3v) is 3.97. The highest BCUT2D eigenvalue weighted by Gasteiger charge is 2.37. The Morgan fingerprint density at radius 1 is 1.36 bits per heavy atom. The molecule has 1 N–H and O–H groups in total. The van der Waals surface area contributed by atoms with Crippen LogP contribution >= 0.6 is 0 Å². The topological polar surface area (TPSA) is 49.4 Å². The van der Waals surface area contributed by atoms with Crippen LogP contribution in [0.1, 0.15) is 45.2 Å². The van der Waals surface area contributed by atoms with Crippen LogP contribution in [0.2, 0.25) is 0 Å². The first-order valence-electron chi connectivity index (χ1n) is 7.94. The Morgan fingerprint density at radius 3 is 2.64 bits per heavy atom. The van der Waals surface area contributed by atoms with E-state index in [1.165, 1.54) is 0 Å². The van der Waals surface area contributed by atoms with E-state index in [9.17, 15) is 9.59 Å². The van der Waals surface area contributed by atoms with Gasteiger partial charge in [0.05, 0.1) is 5.92 Å². The molecule has 1 fully saturated rings. The predicted octanol–water partition coefficient (Wildman–Crippen LogP) is 2.83. The van der Waals surface area contributed by atoms with Crippen molar-refractivity contribution < 1.29 is 9.59 Å². The number of rotatable bonds is 3. The zero-order valence-electron chi connectivity index (χ0n) is 14.2. The van der Waals surface area contributed by atoms with E-state index in [-0.39, 0.29) is 23.3 Å². The Morgan fingerprint density at radius 2 is 2.05 bits per heavy atom. The van der Waals surface area contributed by atoms with Gasteiger partial charge in [0.25, 0.3) is 0 Å². The third kappa shape index (κ3) is 3.49. The standard InChI is InChI=1S/C18H26N2O2/c1-6-13-9-7-8-12(2)16(13)20-11-14(10-15(20)21)17(22)19-18(3,4)5/h7-9,14H,6,10-11H2,1-5H3,(H,19,22). The average Bonchev–Trinajstić information content (AvgIpc) is 2.78. The molecule has 4 heteroatoms. The minimum absolute atomic E-state index is 0.0324. The molecule has 22 heavy (non-hydrogen) atoms. The maximum atomic E-state index is 12.4. The first kappa shape index (κ1) is 16.5. The highest BCUT2D eigenvalue weighted by Crippen LogP contribution is 2.31. The molecule has 0 saturated carbocycles. The number of anilines is 1. The van der Waals surface area contributed by atoms with Crippen molar-refractivity contribution in [3.63, 3.8) is 0 Å². The number of para-hydroxylation sites is 1. The molecule has 1 saturated heterocycles. The van der Waals surface area contributed by atoms with E-state index >= 15 is 0 Å². The number of amides is 2. The van der Waals surface area contributed by atoms with E-state index in [1.54, 1.807) is 4.90 Å². The molecule has 120 valence electrons. The van der Waals surface area contributed by atoms with Gasteiger partial charge in [-0.25, -0.2) is 0 Å². The van der Waals surface area contributed by atoms with Crippen molar-refractivity contribution in [2.45, 2.75) is 53.0 Å². The quantitative estimate of drug-likeness (QED) is 0.933. The van der Waals surface area contributed by atoms with Crippen molar-refractivity contribution in [3.8, 4) is 0 Å². The Hall–Kier alpha value is -1.84. The molecule has 1 aromatic carbocycles. The Balaban J connectivity index is 2.22. The highest BCUT2D eigenvalue weighted by atomic mass is 16.2. The fourth-order valence-corrected chi connectivity index (χ4v) is 2.96. The second kappa shape index (κ2) is 6.11. The molecule has 1 aliphatic heterocycles. The fraction of sp³-hybridized carbons (Fsp3) is 0.556. The monoisotopic (exact) mass is 302 g/mol. The van der Waals surface area contributed by atoms with Crippen LogP contribution < -0.4 is 10.2 Å². The van der Waals surface area contributed by atoms with Crippen LogP contribution in [0, 0.1) is 12.8 Å². The number of nitrogens with one attached hydrogen (secondary N) is 1. The van der Waals surface area contributed by atoms with Crippen LogP contribution in [0.4, 0.5) is 5.69 Å². The number of benzene rings is 1. The Kier molecular flexibility index (Phi) is 4.59. The molecule has 0 aliphatic carbocycles. The molecule has 0 bridgehead atoms. The SMILES string of the molecule is CCc1cccc(C)c1N1CC(C(=O)NC(C)(C)C)CC1=O. The molecule has 0 radical (unpaired) electrons. The number of carbonyl (C=O) groups excluding carboxylic acids is 2. The van der Waals surface area contributed by atoms with Gasteiger partial charge in [0.1, 0.15) is 0 Å². The van der Waals surface area contributed by atoms with E-state index < -0.39 is 0 Å².